The molecular formula is C23H25BrN2OS. The normalized spacial score (nSPS) is 11.8. The van der Waals surface area contributed by atoms with Gasteiger partial charge >= 0.3 is 0 Å². The summed E-state index contributed by atoms with van der Waals surface area (Å²) < 4.78 is 3.13. The highest BCUT2D eigenvalue weighted by molar-refractivity contribution is 9.10. The lowest BCUT2D eigenvalue weighted by atomic mass is 10.0. The van der Waals surface area contributed by atoms with Crippen LogP contribution in [0, 0.1) is 13.8 Å². The number of thiazole rings is 1. The van der Waals surface area contributed by atoms with Gasteiger partial charge in [0, 0.05) is 21.5 Å². The molecule has 3 rings (SSSR count). The van der Waals surface area contributed by atoms with Gasteiger partial charge in [-0.05, 0) is 74.2 Å². The fraction of sp³-hybridized carbons (Fsp3) is 0.304. The van der Waals surface area contributed by atoms with Crippen molar-refractivity contribution in [2.75, 3.05) is 0 Å². The molecule has 0 N–H and O–H groups in total. The van der Waals surface area contributed by atoms with Crippen molar-refractivity contribution in [3.63, 3.8) is 0 Å². The van der Waals surface area contributed by atoms with E-state index in [-0.39, 0.29) is 5.91 Å². The molecule has 0 spiro atoms. The summed E-state index contributed by atoms with van der Waals surface area (Å²) in [5, 5.41) is 0. The van der Waals surface area contributed by atoms with E-state index in [0.717, 1.165) is 28.7 Å². The first-order valence-corrected chi connectivity index (χ1v) is 11.2. The number of carbonyl (C=O) groups excluding carboxylic acids is 1. The molecule has 0 aliphatic rings. The molecule has 146 valence electrons. The van der Waals surface area contributed by atoms with Crippen molar-refractivity contribution < 1.29 is 4.79 Å². The molecule has 0 atom stereocenters. The number of rotatable bonds is 5. The lowest BCUT2D eigenvalue weighted by molar-refractivity contribution is 0.0998. The van der Waals surface area contributed by atoms with Gasteiger partial charge in [-0.15, -0.1) is 11.3 Å². The van der Waals surface area contributed by atoms with Crippen LogP contribution in [0.3, 0.4) is 0 Å². The molecule has 0 unspecified atom stereocenters. The van der Waals surface area contributed by atoms with Crippen molar-refractivity contribution in [2.45, 2.75) is 47.1 Å². The Morgan fingerprint density at radius 1 is 1.07 bits per heavy atom. The maximum atomic E-state index is 12.7. The molecular weight excluding hydrogens is 432 g/mol. The van der Waals surface area contributed by atoms with Gasteiger partial charge in [-0.25, -0.2) is 0 Å². The molecule has 2 aromatic carbocycles. The van der Waals surface area contributed by atoms with Gasteiger partial charge in [0.25, 0.3) is 5.91 Å². The molecule has 5 heteroatoms. The Labute approximate surface area is 178 Å². The first kappa shape index (κ1) is 20.7. The summed E-state index contributed by atoms with van der Waals surface area (Å²) in [7, 11) is 0. The zero-order valence-corrected chi connectivity index (χ0v) is 19.2. The van der Waals surface area contributed by atoms with Crippen LogP contribution in [0.5, 0.6) is 0 Å². The minimum Gasteiger partial charge on any atom is -0.316 e. The third-order valence-electron chi connectivity index (χ3n) is 4.84. The van der Waals surface area contributed by atoms with Crippen LogP contribution in [0.1, 0.15) is 46.6 Å². The number of nitrogens with zero attached hydrogens (tertiary/aromatic N) is 2. The van der Waals surface area contributed by atoms with Crippen LogP contribution in [0.2, 0.25) is 0 Å². The van der Waals surface area contributed by atoms with E-state index in [2.05, 4.69) is 71.4 Å². The molecule has 28 heavy (non-hydrogen) atoms. The van der Waals surface area contributed by atoms with Crippen LogP contribution >= 0.6 is 27.3 Å². The van der Waals surface area contributed by atoms with Crippen molar-refractivity contribution in [2.24, 2.45) is 4.99 Å². The summed E-state index contributed by atoms with van der Waals surface area (Å²) >= 11 is 5.04. The molecule has 0 aliphatic carbocycles. The highest BCUT2D eigenvalue weighted by Crippen LogP contribution is 2.29. The highest BCUT2D eigenvalue weighted by Gasteiger charge is 2.16. The number of halogens is 1. The number of carbonyl (C=O) groups is 1. The van der Waals surface area contributed by atoms with E-state index in [1.54, 1.807) is 23.5 Å². The lowest BCUT2D eigenvalue weighted by Crippen LogP contribution is -2.17. The summed E-state index contributed by atoms with van der Waals surface area (Å²) in [6.07, 6.45) is 2.04. The third-order valence-corrected chi connectivity index (χ3v) is 6.51. The van der Waals surface area contributed by atoms with Gasteiger partial charge in [0.1, 0.15) is 0 Å². The molecule has 3 aromatic rings. The van der Waals surface area contributed by atoms with Gasteiger partial charge in [0.2, 0.25) is 0 Å². The number of amides is 1. The third kappa shape index (κ3) is 4.36. The van der Waals surface area contributed by atoms with E-state index in [9.17, 15) is 4.79 Å². The van der Waals surface area contributed by atoms with Crippen LogP contribution in [0.4, 0.5) is 0 Å². The fourth-order valence-corrected chi connectivity index (χ4v) is 4.76. The predicted molar refractivity (Wildman–Crippen MR) is 121 cm³/mol. The number of aromatic nitrogens is 1. The topological polar surface area (TPSA) is 34.4 Å². The van der Waals surface area contributed by atoms with Crippen LogP contribution < -0.4 is 4.80 Å². The molecule has 0 fully saturated rings. The Morgan fingerprint density at radius 2 is 1.79 bits per heavy atom. The van der Waals surface area contributed by atoms with Crippen molar-refractivity contribution in [3.05, 3.63) is 73.3 Å². The average Bonchev–Trinajstić information content (AvgIpc) is 3.01. The number of benzene rings is 2. The van der Waals surface area contributed by atoms with Gasteiger partial charge in [-0.3, -0.25) is 4.79 Å². The highest BCUT2D eigenvalue weighted by atomic mass is 79.9. The zero-order chi connectivity index (χ0) is 20.3. The summed E-state index contributed by atoms with van der Waals surface area (Å²) in [6.45, 7) is 9.34. The molecule has 0 bridgehead atoms. The van der Waals surface area contributed by atoms with E-state index in [1.807, 2.05) is 12.1 Å². The van der Waals surface area contributed by atoms with Gasteiger partial charge in [0.15, 0.2) is 4.80 Å². The number of hydrogen-bond acceptors (Lipinski definition) is 2. The molecule has 1 aromatic heterocycles. The van der Waals surface area contributed by atoms with Crippen LogP contribution in [-0.4, -0.2) is 10.5 Å². The predicted octanol–water partition coefficient (Wildman–Crippen LogP) is 6.31. The van der Waals surface area contributed by atoms with Crippen molar-refractivity contribution >= 4 is 33.2 Å². The fourth-order valence-electron chi connectivity index (χ4n) is 3.18. The SMILES string of the molecule is CCCc1sc(=NC(=O)c2ccc(Br)cc2)n(CC)c1-c1ccc(C)c(C)c1. The van der Waals surface area contributed by atoms with E-state index < -0.39 is 0 Å². The van der Waals surface area contributed by atoms with E-state index in [0.29, 0.717) is 5.56 Å². The Balaban J connectivity index is 2.15. The van der Waals surface area contributed by atoms with Gasteiger partial charge in [0.05, 0.1) is 5.69 Å². The number of hydrogen-bond donors (Lipinski definition) is 0. The Morgan fingerprint density at radius 3 is 2.39 bits per heavy atom. The summed E-state index contributed by atoms with van der Waals surface area (Å²) in [5.41, 5.74) is 5.55. The first-order chi connectivity index (χ1) is 13.4. The van der Waals surface area contributed by atoms with E-state index >= 15 is 0 Å². The first-order valence-electron chi connectivity index (χ1n) is 9.59. The molecule has 0 aliphatic heterocycles. The van der Waals surface area contributed by atoms with Crippen LogP contribution in [0.15, 0.2) is 51.9 Å². The maximum Gasteiger partial charge on any atom is 0.279 e. The second kappa shape index (κ2) is 9.01. The summed E-state index contributed by atoms with van der Waals surface area (Å²) in [5.74, 6) is -0.203. The number of aryl methyl sites for hydroxylation is 3. The van der Waals surface area contributed by atoms with Crippen LogP contribution in [-0.2, 0) is 13.0 Å². The van der Waals surface area contributed by atoms with Gasteiger partial charge in [-0.1, -0.05) is 41.4 Å². The zero-order valence-electron chi connectivity index (χ0n) is 16.8. The van der Waals surface area contributed by atoms with Gasteiger partial charge in [-0.2, -0.15) is 4.99 Å². The second-order valence-electron chi connectivity index (χ2n) is 6.87. The quantitative estimate of drug-likeness (QED) is 0.442. The summed E-state index contributed by atoms with van der Waals surface area (Å²) in [6, 6.07) is 13.9. The average molecular weight is 457 g/mol. The van der Waals surface area contributed by atoms with E-state index in [4.69, 9.17) is 0 Å². The minimum atomic E-state index is -0.203. The Bertz CT molecular complexity index is 1060. The molecule has 0 saturated heterocycles. The van der Waals surface area contributed by atoms with Gasteiger partial charge < -0.3 is 4.57 Å². The minimum absolute atomic E-state index is 0.203. The Kier molecular flexibility index (Phi) is 6.68. The standard InChI is InChI=1S/C23H25BrN2OS/c1-5-7-20-21(18-9-8-15(3)16(4)14-18)26(6-2)23(28-20)25-22(27)17-10-12-19(24)13-11-17/h8-14H,5-7H2,1-4H3. The molecule has 0 saturated carbocycles. The maximum absolute atomic E-state index is 12.7. The smallest absolute Gasteiger partial charge is 0.279 e. The summed E-state index contributed by atoms with van der Waals surface area (Å²) in [4.78, 5) is 19.3. The molecule has 0 radical (unpaired) electrons. The molecule has 1 heterocycles. The molecule has 3 nitrogen and oxygen atoms in total. The van der Waals surface area contributed by atoms with Crippen molar-refractivity contribution in [3.8, 4) is 11.3 Å². The second-order valence-corrected chi connectivity index (χ2v) is 8.85. The van der Waals surface area contributed by atoms with Crippen molar-refractivity contribution in [1.29, 1.82) is 0 Å². The van der Waals surface area contributed by atoms with Crippen molar-refractivity contribution in [1.82, 2.24) is 4.57 Å². The monoisotopic (exact) mass is 456 g/mol. The Hall–Kier alpha value is -1.98. The lowest BCUT2D eigenvalue weighted by Gasteiger charge is -2.11. The van der Waals surface area contributed by atoms with Crippen LogP contribution in [0.25, 0.3) is 11.3 Å². The van der Waals surface area contributed by atoms with E-state index in [1.165, 1.54) is 27.3 Å². The molecule has 1 amide bonds. The largest absolute Gasteiger partial charge is 0.316 e.